The van der Waals surface area contributed by atoms with Crippen LogP contribution in [0.3, 0.4) is 0 Å². The minimum Gasteiger partial charge on any atom is -0.375 e. The molecule has 1 atom stereocenters. The van der Waals surface area contributed by atoms with Gasteiger partial charge >= 0.3 is 0 Å². The molecule has 10 heteroatoms. The number of rotatable bonds is 6. The number of ether oxygens (including phenoxy) is 1. The molecule has 0 amide bonds. The number of hydrogen-bond acceptors (Lipinski definition) is 8. The van der Waals surface area contributed by atoms with Gasteiger partial charge in [-0.15, -0.1) is 0 Å². The summed E-state index contributed by atoms with van der Waals surface area (Å²) in [6.45, 7) is 4.55. The summed E-state index contributed by atoms with van der Waals surface area (Å²) in [7, 11) is 0. The molecule has 0 radical (unpaired) electrons. The number of hydrogen-bond donors (Lipinski definition) is 1. The van der Waals surface area contributed by atoms with Gasteiger partial charge in [-0.25, -0.2) is 4.98 Å². The Labute approximate surface area is 155 Å². The topological polar surface area (TPSA) is 124 Å². The Morgan fingerprint density at radius 3 is 2.70 bits per heavy atom. The zero-order valence-electron chi connectivity index (χ0n) is 14.7. The monoisotopic (exact) mass is 373 g/mol. The van der Waals surface area contributed by atoms with E-state index >= 15 is 0 Å². The lowest BCUT2D eigenvalue weighted by molar-refractivity contribution is -0.393. The van der Waals surface area contributed by atoms with Crippen molar-refractivity contribution in [1.82, 2.24) is 4.98 Å². The van der Waals surface area contributed by atoms with Crippen LogP contribution >= 0.6 is 0 Å². The Bertz CT molecular complexity index is 842. The third-order valence-corrected chi connectivity index (χ3v) is 4.25. The summed E-state index contributed by atoms with van der Waals surface area (Å²) >= 11 is 0. The van der Waals surface area contributed by atoms with Crippen LogP contribution in [0.25, 0.3) is 0 Å². The highest BCUT2D eigenvalue weighted by Gasteiger charge is 2.20. The van der Waals surface area contributed by atoms with Crippen LogP contribution in [0.2, 0.25) is 0 Å². The van der Waals surface area contributed by atoms with E-state index in [9.17, 15) is 20.2 Å². The highest BCUT2D eigenvalue weighted by Crippen LogP contribution is 2.29. The maximum atomic E-state index is 11.2. The number of pyridine rings is 1. The van der Waals surface area contributed by atoms with Crippen LogP contribution in [0.5, 0.6) is 0 Å². The Hall–Kier alpha value is -3.27. The Morgan fingerprint density at radius 1 is 1.26 bits per heavy atom. The zero-order valence-corrected chi connectivity index (χ0v) is 14.7. The van der Waals surface area contributed by atoms with Gasteiger partial charge in [0.2, 0.25) is 0 Å². The smallest absolute Gasteiger partial charge is 0.299 e. The van der Waals surface area contributed by atoms with E-state index < -0.39 is 9.85 Å². The van der Waals surface area contributed by atoms with Crippen molar-refractivity contribution in [2.24, 2.45) is 0 Å². The molecule has 1 saturated heterocycles. The van der Waals surface area contributed by atoms with Crippen LogP contribution in [-0.4, -0.2) is 40.6 Å². The van der Waals surface area contributed by atoms with Gasteiger partial charge in [0.05, 0.1) is 28.6 Å². The summed E-state index contributed by atoms with van der Waals surface area (Å²) in [6.07, 6.45) is 1.87. The molecule has 27 heavy (non-hydrogen) atoms. The molecule has 0 aliphatic carbocycles. The maximum Gasteiger partial charge on any atom is 0.299 e. The van der Waals surface area contributed by atoms with Crippen LogP contribution < -0.4 is 10.2 Å². The molecule has 10 nitrogen and oxygen atoms in total. The van der Waals surface area contributed by atoms with Crippen molar-refractivity contribution in [3.63, 3.8) is 0 Å². The molecule has 0 saturated carbocycles. The fraction of sp³-hybridized carbons (Fsp3) is 0.353. The second-order valence-electron chi connectivity index (χ2n) is 6.22. The quantitative estimate of drug-likeness (QED) is 0.605. The van der Waals surface area contributed by atoms with Crippen molar-refractivity contribution in [1.29, 1.82) is 0 Å². The van der Waals surface area contributed by atoms with Gasteiger partial charge in [0.1, 0.15) is 11.5 Å². The standard InChI is InChI=1S/C17H19N5O5/c1-12-11-20(6-7-27-12)17-5-2-13(10-19-17)9-18-15-4-3-14(21(23)24)8-16(15)22(25)26/h2-5,8,10,12,18H,6-7,9,11H2,1H3. The number of nitro benzene ring substituents is 2. The molecule has 1 aromatic carbocycles. The molecular formula is C17H19N5O5. The molecule has 1 aliphatic heterocycles. The largest absolute Gasteiger partial charge is 0.375 e. The van der Waals surface area contributed by atoms with Crippen molar-refractivity contribution in [3.8, 4) is 0 Å². The lowest BCUT2D eigenvalue weighted by atomic mass is 10.2. The molecule has 1 unspecified atom stereocenters. The van der Waals surface area contributed by atoms with Crippen LogP contribution in [0.1, 0.15) is 12.5 Å². The van der Waals surface area contributed by atoms with Gasteiger partial charge in [0.15, 0.2) is 0 Å². The predicted octanol–water partition coefficient (Wildman–Crippen LogP) is 2.74. The number of aromatic nitrogens is 1. The number of non-ortho nitro benzene ring substituents is 1. The maximum absolute atomic E-state index is 11.2. The first-order valence-electron chi connectivity index (χ1n) is 8.42. The second-order valence-corrected chi connectivity index (χ2v) is 6.22. The molecule has 142 valence electrons. The lowest BCUT2D eigenvalue weighted by Gasteiger charge is -2.32. The Morgan fingerprint density at radius 2 is 2.07 bits per heavy atom. The van der Waals surface area contributed by atoms with E-state index in [1.807, 2.05) is 19.1 Å². The third-order valence-electron chi connectivity index (χ3n) is 4.25. The van der Waals surface area contributed by atoms with Crippen LogP contribution in [-0.2, 0) is 11.3 Å². The minimum absolute atomic E-state index is 0.157. The summed E-state index contributed by atoms with van der Waals surface area (Å²) in [5.41, 5.74) is 0.401. The van der Waals surface area contributed by atoms with Crippen LogP contribution in [0.15, 0.2) is 36.5 Å². The minimum atomic E-state index is -0.661. The average Bonchev–Trinajstić information content (AvgIpc) is 2.66. The van der Waals surface area contributed by atoms with Crippen molar-refractivity contribution >= 4 is 22.9 Å². The first-order valence-corrected chi connectivity index (χ1v) is 8.42. The predicted molar refractivity (Wildman–Crippen MR) is 98.9 cm³/mol. The van der Waals surface area contributed by atoms with E-state index in [0.717, 1.165) is 30.5 Å². The second kappa shape index (κ2) is 7.96. The molecule has 0 bridgehead atoms. The molecule has 0 spiro atoms. The van der Waals surface area contributed by atoms with E-state index in [0.29, 0.717) is 13.2 Å². The van der Waals surface area contributed by atoms with E-state index in [1.54, 1.807) is 6.20 Å². The van der Waals surface area contributed by atoms with Gasteiger partial charge in [-0.2, -0.15) is 0 Å². The molecule has 1 fully saturated rings. The summed E-state index contributed by atoms with van der Waals surface area (Å²) in [5, 5.41) is 24.9. The van der Waals surface area contributed by atoms with E-state index in [1.165, 1.54) is 12.1 Å². The molecule has 3 rings (SSSR count). The molecule has 1 aromatic heterocycles. The molecule has 2 aromatic rings. The van der Waals surface area contributed by atoms with Gasteiger partial charge in [-0.1, -0.05) is 6.07 Å². The fourth-order valence-corrected chi connectivity index (χ4v) is 2.87. The number of morpholine rings is 1. The highest BCUT2D eigenvalue weighted by atomic mass is 16.6. The van der Waals surface area contributed by atoms with Crippen molar-refractivity contribution in [3.05, 3.63) is 62.3 Å². The van der Waals surface area contributed by atoms with Crippen molar-refractivity contribution < 1.29 is 14.6 Å². The van der Waals surface area contributed by atoms with Gasteiger partial charge < -0.3 is 15.0 Å². The van der Waals surface area contributed by atoms with Gasteiger partial charge in [-0.05, 0) is 24.6 Å². The summed E-state index contributed by atoms with van der Waals surface area (Å²) in [6, 6.07) is 7.32. The molecular weight excluding hydrogens is 354 g/mol. The first kappa shape index (κ1) is 18.5. The number of nitrogens with one attached hydrogen (secondary N) is 1. The van der Waals surface area contributed by atoms with Crippen molar-refractivity contribution in [2.45, 2.75) is 19.6 Å². The van der Waals surface area contributed by atoms with Gasteiger partial charge in [-0.3, -0.25) is 20.2 Å². The summed E-state index contributed by atoms with van der Waals surface area (Å²) in [5.74, 6) is 0.857. The lowest BCUT2D eigenvalue weighted by Crippen LogP contribution is -2.41. The van der Waals surface area contributed by atoms with Crippen molar-refractivity contribution in [2.75, 3.05) is 29.9 Å². The first-order chi connectivity index (χ1) is 12.9. The number of nitrogens with zero attached hydrogens (tertiary/aromatic N) is 4. The molecule has 2 heterocycles. The Kier molecular flexibility index (Phi) is 5.46. The van der Waals surface area contributed by atoms with Crippen LogP contribution in [0, 0.1) is 20.2 Å². The average molecular weight is 373 g/mol. The summed E-state index contributed by atoms with van der Waals surface area (Å²) in [4.78, 5) is 27.3. The third kappa shape index (κ3) is 4.47. The van der Waals surface area contributed by atoms with E-state index in [-0.39, 0.29) is 23.2 Å². The van der Waals surface area contributed by atoms with E-state index in [2.05, 4.69) is 15.2 Å². The number of nitro groups is 2. The fourth-order valence-electron chi connectivity index (χ4n) is 2.87. The highest BCUT2D eigenvalue weighted by molar-refractivity contribution is 5.65. The van der Waals surface area contributed by atoms with Gasteiger partial charge in [0, 0.05) is 31.9 Å². The summed E-state index contributed by atoms with van der Waals surface area (Å²) < 4.78 is 5.52. The molecule has 1 N–H and O–H groups in total. The number of anilines is 2. The Balaban J connectivity index is 1.68. The number of benzene rings is 1. The molecule has 1 aliphatic rings. The SMILES string of the molecule is CC1CN(c2ccc(CNc3ccc([N+](=O)[O-])cc3[N+](=O)[O-])cn2)CCO1. The van der Waals surface area contributed by atoms with Gasteiger partial charge in [0.25, 0.3) is 11.4 Å². The normalized spacial score (nSPS) is 16.8. The van der Waals surface area contributed by atoms with Crippen LogP contribution in [0.4, 0.5) is 22.9 Å². The van der Waals surface area contributed by atoms with E-state index in [4.69, 9.17) is 4.74 Å². The zero-order chi connectivity index (χ0) is 19.4.